The van der Waals surface area contributed by atoms with Crippen LogP contribution in [0.2, 0.25) is 0 Å². The standard InChI is InChI=1S/C22H28N2O5/c1-3-5-6-17(4-2)15-28-20-11-13-21(14-12-20)29-16-22(25)23-18-7-9-19(10-8-18)24(26)27/h7-14,17H,3-6,15-16H2,1-2H3,(H,23,25). The van der Waals surface area contributed by atoms with E-state index in [0.29, 0.717) is 24.0 Å². The summed E-state index contributed by atoms with van der Waals surface area (Å²) >= 11 is 0. The van der Waals surface area contributed by atoms with Crippen molar-refractivity contribution in [2.45, 2.75) is 39.5 Å². The molecule has 1 atom stereocenters. The first-order valence-electron chi connectivity index (χ1n) is 9.91. The lowest BCUT2D eigenvalue weighted by molar-refractivity contribution is -0.384. The number of nitro groups is 1. The molecule has 0 aliphatic heterocycles. The molecule has 1 unspecified atom stereocenters. The Morgan fingerprint density at radius 3 is 2.21 bits per heavy atom. The predicted octanol–water partition coefficient (Wildman–Crippen LogP) is 5.21. The second kappa shape index (κ2) is 11.7. The number of anilines is 1. The lowest BCUT2D eigenvalue weighted by Crippen LogP contribution is -2.20. The minimum absolute atomic E-state index is 0.0304. The largest absolute Gasteiger partial charge is 0.493 e. The zero-order valence-electron chi connectivity index (χ0n) is 16.9. The number of unbranched alkanes of at least 4 members (excludes halogenated alkanes) is 1. The van der Waals surface area contributed by atoms with Gasteiger partial charge in [-0.3, -0.25) is 14.9 Å². The van der Waals surface area contributed by atoms with Gasteiger partial charge in [0.05, 0.1) is 11.5 Å². The highest BCUT2D eigenvalue weighted by molar-refractivity contribution is 5.91. The van der Waals surface area contributed by atoms with E-state index in [1.54, 1.807) is 12.1 Å². The van der Waals surface area contributed by atoms with Gasteiger partial charge < -0.3 is 14.8 Å². The molecule has 7 nitrogen and oxygen atoms in total. The van der Waals surface area contributed by atoms with E-state index >= 15 is 0 Å². The van der Waals surface area contributed by atoms with Gasteiger partial charge in [0.2, 0.25) is 0 Å². The molecule has 0 radical (unpaired) electrons. The molecule has 0 saturated carbocycles. The molecular formula is C22H28N2O5. The fourth-order valence-electron chi connectivity index (χ4n) is 2.76. The zero-order valence-corrected chi connectivity index (χ0v) is 16.9. The highest BCUT2D eigenvalue weighted by Crippen LogP contribution is 2.20. The SMILES string of the molecule is CCCCC(CC)COc1ccc(OCC(=O)Nc2ccc([N+](=O)[O-])cc2)cc1. The minimum Gasteiger partial charge on any atom is -0.493 e. The number of hydrogen-bond acceptors (Lipinski definition) is 5. The van der Waals surface area contributed by atoms with E-state index in [1.165, 1.54) is 43.5 Å². The van der Waals surface area contributed by atoms with Crippen LogP contribution in [0.15, 0.2) is 48.5 Å². The molecule has 0 aliphatic rings. The Kier molecular flexibility index (Phi) is 8.95. The van der Waals surface area contributed by atoms with E-state index in [0.717, 1.165) is 12.2 Å². The molecule has 2 rings (SSSR count). The van der Waals surface area contributed by atoms with Crippen molar-refractivity contribution in [1.29, 1.82) is 0 Å². The third kappa shape index (κ3) is 7.81. The van der Waals surface area contributed by atoms with Gasteiger partial charge in [-0.25, -0.2) is 0 Å². The van der Waals surface area contributed by atoms with E-state index in [1.807, 2.05) is 12.1 Å². The molecular weight excluding hydrogens is 372 g/mol. The van der Waals surface area contributed by atoms with E-state index in [9.17, 15) is 14.9 Å². The summed E-state index contributed by atoms with van der Waals surface area (Å²) in [6, 6.07) is 12.8. The van der Waals surface area contributed by atoms with Gasteiger partial charge in [0.15, 0.2) is 6.61 Å². The Bertz CT molecular complexity index is 775. The summed E-state index contributed by atoms with van der Waals surface area (Å²) in [5, 5.41) is 13.3. The fourth-order valence-corrected chi connectivity index (χ4v) is 2.76. The number of amides is 1. The number of carbonyl (C=O) groups excluding carboxylic acids is 1. The van der Waals surface area contributed by atoms with Gasteiger partial charge in [-0.05, 0) is 48.7 Å². The highest BCUT2D eigenvalue weighted by atomic mass is 16.6. The number of nitro benzene ring substituents is 1. The number of rotatable bonds is 12. The Morgan fingerprint density at radius 1 is 1.03 bits per heavy atom. The van der Waals surface area contributed by atoms with E-state index in [2.05, 4.69) is 19.2 Å². The minimum atomic E-state index is -0.490. The molecule has 7 heteroatoms. The van der Waals surface area contributed by atoms with Crippen LogP contribution in [0, 0.1) is 16.0 Å². The maximum atomic E-state index is 12.0. The van der Waals surface area contributed by atoms with Crippen LogP contribution in [0.5, 0.6) is 11.5 Å². The molecule has 1 N–H and O–H groups in total. The van der Waals surface area contributed by atoms with Crippen LogP contribution in [0.4, 0.5) is 11.4 Å². The maximum Gasteiger partial charge on any atom is 0.269 e. The van der Waals surface area contributed by atoms with Gasteiger partial charge in [-0.1, -0.05) is 33.1 Å². The van der Waals surface area contributed by atoms with Crippen molar-refractivity contribution < 1.29 is 19.2 Å². The number of hydrogen-bond donors (Lipinski definition) is 1. The van der Waals surface area contributed by atoms with Crippen molar-refractivity contribution in [2.75, 3.05) is 18.5 Å². The number of nitrogens with one attached hydrogen (secondary N) is 1. The molecule has 0 spiro atoms. The Labute approximate surface area is 171 Å². The maximum absolute atomic E-state index is 12.0. The second-order valence-electron chi connectivity index (χ2n) is 6.84. The second-order valence-corrected chi connectivity index (χ2v) is 6.84. The van der Waals surface area contributed by atoms with Gasteiger partial charge in [-0.2, -0.15) is 0 Å². The number of non-ortho nitro benzene ring substituents is 1. The number of benzene rings is 2. The average Bonchev–Trinajstić information content (AvgIpc) is 2.73. The van der Waals surface area contributed by atoms with E-state index in [-0.39, 0.29) is 18.2 Å². The van der Waals surface area contributed by atoms with Crippen LogP contribution >= 0.6 is 0 Å². The Balaban J connectivity index is 1.76. The summed E-state index contributed by atoms with van der Waals surface area (Å²) in [5.41, 5.74) is 0.443. The fraction of sp³-hybridized carbons (Fsp3) is 0.409. The van der Waals surface area contributed by atoms with Crippen LogP contribution in [-0.2, 0) is 4.79 Å². The molecule has 0 heterocycles. The highest BCUT2D eigenvalue weighted by Gasteiger charge is 2.09. The van der Waals surface area contributed by atoms with Gasteiger partial charge in [0, 0.05) is 17.8 Å². The van der Waals surface area contributed by atoms with Crippen molar-refractivity contribution in [1.82, 2.24) is 0 Å². The molecule has 156 valence electrons. The molecule has 0 bridgehead atoms. The van der Waals surface area contributed by atoms with Crippen molar-refractivity contribution in [3.63, 3.8) is 0 Å². The topological polar surface area (TPSA) is 90.7 Å². The molecule has 0 aromatic heterocycles. The molecule has 0 aliphatic carbocycles. The first-order valence-corrected chi connectivity index (χ1v) is 9.91. The predicted molar refractivity (Wildman–Crippen MR) is 112 cm³/mol. The van der Waals surface area contributed by atoms with Gasteiger partial charge >= 0.3 is 0 Å². The van der Waals surface area contributed by atoms with Crippen LogP contribution in [-0.4, -0.2) is 24.0 Å². The van der Waals surface area contributed by atoms with Crippen molar-refractivity contribution in [3.8, 4) is 11.5 Å². The first-order chi connectivity index (χ1) is 14.0. The average molecular weight is 400 g/mol. The summed E-state index contributed by atoms with van der Waals surface area (Å²) in [6.45, 7) is 4.92. The Hall–Kier alpha value is -3.09. The Morgan fingerprint density at radius 2 is 1.66 bits per heavy atom. The summed E-state index contributed by atoms with van der Waals surface area (Å²) in [7, 11) is 0. The molecule has 0 fully saturated rings. The smallest absolute Gasteiger partial charge is 0.269 e. The summed E-state index contributed by atoms with van der Waals surface area (Å²) in [4.78, 5) is 22.1. The van der Waals surface area contributed by atoms with Crippen molar-refractivity contribution in [3.05, 3.63) is 58.6 Å². The molecule has 1 amide bonds. The third-order valence-electron chi connectivity index (χ3n) is 4.58. The van der Waals surface area contributed by atoms with Gasteiger partial charge in [0.1, 0.15) is 11.5 Å². The molecule has 0 saturated heterocycles. The lowest BCUT2D eigenvalue weighted by atomic mass is 10.0. The number of ether oxygens (including phenoxy) is 2. The molecule has 2 aromatic rings. The quantitative estimate of drug-likeness (QED) is 0.390. The van der Waals surface area contributed by atoms with Crippen molar-refractivity contribution >= 4 is 17.3 Å². The summed E-state index contributed by atoms with van der Waals surface area (Å²) < 4.78 is 11.3. The van der Waals surface area contributed by atoms with Crippen LogP contribution in [0.25, 0.3) is 0 Å². The van der Waals surface area contributed by atoms with Gasteiger partial charge in [0.25, 0.3) is 11.6 Å². The summed E-state index contributed by atoms with van der Waals surface area (Å²) in [6.07, 6.45) is 4.69. The monoisotopic (exact) mass is 400 g/mol. The van der Waals surface area contributed by atoms with Crippen molar-refractivity contribution in [2.24, 2.45) is 5.92 Å². The first kappa shape index (κ1) is 22.2. The third-order valence-corrected chi connectivity index (χ3v) is 4.58. The van der Waals surface area contributed by atoms with Crippen LogP contribution in [0.1, 0.15) is 39.5 Å². The normalized spacial score (nSPS) is 11.5. The number of carbonyl (C=O) groups is 1. The van der Waals surface area contributed by atoms with Crippen LogP contribution < -0.4 is 14.8 Å². The molecule has 29 heavy (non-hydrogen) atoms. The zero-order chi connectivity index (χ0) is 21.1. The van der Waals surface area contributed by atoms with Gasteiger partial charge in [-0.15, -0.1) is 0 Å². The van der Waals surface area contributed by atoms with E-state index in [4.69, 9.17) is 9.47 Å². The molecule has 2 aromatic carbocycles. The van der Waals surface area contributed by atoms with E-state index < -0.39 is 4.92 Å². The number of nitrogens with zero attached hydrogens (tertiary/aromatic N) is 1. The summed E-state index contributed by atoms with van der Waals surface area (Å²) in [5.74, 6) is 1.56. The lowest BCUT2D eigenvalue weighted by Gasteiger charge is -2.15. The van der Waals surface area contributed by atoms with Crippen LogP contribution in [0.3, 0.4) is 0 Å².